The third-order valence-corrected chi connectivity index (χ3v) is 8.94. The van der Waals surface area contributed by atoms with Crippen LogP contribution in [0.4, 0.5) is 5.00 Å². The Morgan fingerprint density at radius 3 is 2.62 bits per heavy atom. The highest BCUT2D eigenvalue weighted by atomic mass is 32.2. The number of ether oxygens (including phenoxy) is 2. The number of hydrogen-bond acceptors (Lipinski definition) is 7. The van der Waals surface area contributed by atoms with Gasteiger partial charge in [-0.15, -0.1) is 11.3 Å². The molecule has 2 heterocycles. The van der Waals surface area contributed by atoms with Crippen LogP contribution in [-0.2, 0) is 32.4 Å². The van der Waals surface area contributed by atoms with Crippen LogP contribution in [0.15, 0.2) is 29.2 Å². The van der Waals surface area contributed by atoms with Crippen molar-refractivity contribution >= 4 is 38.2 Å². The molecule has 1 aromatic carbocycles. The standard InChI is InChI=1S/C22H26N2O6S2/c1-3-30-22(26)19-16-6-4-8-18(16)31-21(19)23-20(25)17-7-5-13-24(17)32(27,28)15-11-9-14(29-2)10-12-15/h9-12,17H,3-8,13H2,1-2H3,(H,23,25). The summed E-state index contributed by atoms with van der Waals surface area (Å²) in [5.41, 5.74) is 1.36. The number of nitrogens with zero attached hydrogens (tertiary/aromatic N) is 1. The summed E-state index contributed by atoms with van der Waals surface area (Å²) in [4.78, 5) is 26.9. The number of amides is 1. The number of fused-ring (bicyclic) bond motifs is 1. The second-order valence-electron chi connectivity index (χ2n) is 7.72. The van der Waals surface area contributed by atoms with E-state index < -0.39 is 27.9 Å². The van der Waals surface area contributed by atoms with Gasteiger partial charge in [0.05, 0.1) is 24.2 Å². The summed E-state index contributed by atoms with van der Waals surface area (Å²) in [7, 11) is -2.34. The maximum absolute atomic E-state index is 13.2. The number of carbonyl (C=O) groups is 2. The van der Waals surface area contributed by atoms with Crippen molar-refractivity contribution in [1.29, 1.82) is 0 Å². The van der Waals surface area contributed by atoms with Crippen molar-refractivity contribution in [3.05, 3.63) is 40.3 Å². The van der Waals surface area contributed by atoms with Crippen LogP contribution in [-0.4, -0.2) is 50.9 Å². The fourth-order valence-corrected chi connectivity index (χ4v) is 7.22. The van der Waals surface area contributed by atoms with Gasteiger partial charge in [0.2, 0.25) is 15.9 Å². The minimum atomic E-state index is -3.85. The molecule has 4 rings (SSSR count). The third kappa shape index (κ3) is 4.14. The zero-order valence-electron chi connectivity index (χ0n) is 18.0. The quantitative estimate of drug-likeness (QED) is 0.613. The number of carbonyl (C=O) groups excluding carboxylic acids is 2. The maximum atomic E-state index is 13.2. The summed E-state index contributed by atoms with van der Waals surface area (Å²) in [5.74, 6) is -0.321. The number of anilines is 1. The second-order valence-corrected chi connectivity index (χ2v) is 10.7. The van der Waals surface area contributed by atoms with E-state index in [1.54, 1.807) is 19.1 Å². The van der Waals surface area contributed by atoms with Crippen LogP contribution >= 0.6 is 11.3 Å². The molecule has 1 fully saturated rings. The summed E-state index contributed by atoms with van der Waals surface area (Å²) >= 11 is 1.38. The lowest BCUT2D eigenvalue weighted by atomic mass is 10.1. The summed E-state index contributed by atoms with van der Waals surface area (Å²) in [6.45, 7) is 2.24. The Morgan fingerprint density at radius 1 is 1.19 bits per heavy atom. The Balaban J connectivity index is 1.58. The highest BCUT2D eigenvalue weighted by Gasteiger charge is 2.40. The maximum Gasteiger partial charge on any atom is 0.341 e. The molecule has 0 saturated carbocycles. The predicted octanol–water partition coefficient (Wildman–Crippen LogP) is 3.21. The zero-order chi connectivity index (χ0) is 22.9. The van der Waals surface area contributed by atoms with Crippen molar-refractivity contribution in [3.8, 4) is 5.75 Å². The SMILES string of the molecule is CCOC(=O)c1c(NC(=O)C2CCCN2S(=O)(=O)c2ccc(OC)cc2)sc2c1CCC2. The van der Waals surface area contributed by atoms with Gasteiger partial charge in [-0.25, -0.2) is 13.2 Å². The molecule has 1 aliphatic carbocycles. The summed E-state index contributed by atoms with van der Waals surface area (Å²) < 4.78 is 38.0. The van der Waals surface area contributed by atoms with Gasteiger partial charge in [-0.3, -0.25) is 4.79 Å². The fourth-order valence-electron chi connectivity index (χ4n) is 4.28. The van der Waals surface area contributed by atoms with E-state index in [0.717, 1.165) is 29.7 Å². The van der Waals surface area contributed by atoms with E-state index >= 15 is 0 Å². The normalized spacial score (nSPS) is 18.4. The number of rotatable bonds is 7. The van der Waals surface area contributed by atoms with Gasteiger partial charge >= 0.3 is 5.97 Å². The van der Waals surface area contributed by atoms with Gasteiger partial charge in [-0.1, -0.05) is 0 Å². The Morgan fingerprint density at radius 2 is 1.94 bits per heavy atom. The molecular weight excluding hydrogens is 452 g/mol. The Bertz CT molecular complexity index is 1120. The van der Waals surface area contributed by atoms with Crippen LogP contribution in [0.5, 0.6) is 5.75 Å². The highest BCUT2D eigenvalue weighted by Crippen LogP contribution is 2.40. The topological polar surface area (TPSA) is 102 Å². The van der Waals surface area contributed by atoms with E-state index in [9.17, 15) is 18.0 Å². The predicted molar refractivity (Wildman–Crippen MR) is 121 cm³/mol. The number of thiophene rings is 1. The lowest BCUT2D eigenvalue weighted by Crippen LogP contribution is -2.43. The van der Waals surface area contributed by atoms with E-state index in [-0.39, 0.29) is 18.0 Å². The van der Waals surface area contributed by atoms with Crippen molar-refractivity contribution in [1.82, 2.24) is 4.31 Å². The summed E-state index contributed by atoms with van der Waals surface area (Å²) in [6.07, 6.45) is 3.61. The molecular formula is C22H26N2O6S2. The lowest BCUT2D eigenvalue weighted by Gasteiger charge is -2.23. The number of sulfonamides is 1. The average Bonchev–Trinajstić information content (AvgIpc) is 3.50. The van der Waals surface area contributed by atoms with E-state index in [1.807, 2.05) is 0 Å². The van der Waals surface area contributed by atoms with E-state index in [0.29, 0.717) is 29.2 Å². The summed E-state index contributed by atoms with van der Waals surface area (Å²) in [6, 6.07) is 5.27. The van der Waals surface area contributed by atoms with Crippen LogP contribution in [0, 0.1) is 0 Å². The van der Waals surface area contributed by atoms with Crippen LogP contribution in [0.25, 0.3) is 0 Å². The minimum absolute atomic E-state index is 0.111. The van der Waals surface area contributed by atoms with Crippen LogP contribution in [0.1, 0.15) is 47.0 Å². The number of hydrogen-bond donors (Lipinski definition) is 1. The smallest absolute Gasteiger partial charge is 0.341 e. The Kier molecular flexibility index (Phi) is 6.55. The first-order valence-corrected chi connectivity index (χ1v) is 12.9. The molecule has 2 aliphatic rings. The van der Waals surface area contributed by atoms with Gasteiger partial charge in [-0.2, -0.15) is 4.31 Å². The molecule has 0 bridgehead atoms. The molecule has 32 heavy (non-hydrogen) atoms. The molecule has 1 unspecified atom stereocenters. The molecule has 172 valence electrons. The number of benzene rings is 1. The first-order chi connectivity index (χ1) is 15.4. The number of nitrogens with one attached hydrogen (secondary N) is 1. The van der Waals surface area contributed by atoms with E-state index in [4.69, 9.17) is 9.47 Å². The molecule has 2 aromatic rings. The third-order valence-electron chi connectivity index (χ3n) is 5.81. The summed E-state index contributed by atoms with van der Waals surface area (Å²) in [5, 5.41) is 3.30. The molecule has 1 aromatic heterocycles. The molecule has 1 saturated heterocycles. The first kappa shape index (κ1) is 22.8. The number of methoxy groups -OCH3 is 1. The van der Waals surface area contributed by atoms with Gasteiger partial charge in [0, 0.05) is 11.4 Å². The minimum Gasteiger partial charge on any atom is -0.497 e. The van der Waals surface area contributed by atoms with Gasteiger partial charge in [-0.05, 0) is 68.9 Å². The second kappa shape index (κ2) is 9.21. The zero-order valence-corrected chi connectivity index (χ0v) is 19.7. The highest BCUT2D eigenvalue weighted by molar-refractivity contribution is 7.89. The van der Waals surface area contributed by atoms with Crippen molar-refractivity contribution in [2.75, 3.05) is 25.6 Å². The molecule has 8 nitrogen and oxygen atoms in total. The van der Waals surface area contributed by atoms with E-state index in [1.165, 1.54) is 34.9 Å². The van der Waals surface area contributed by atoms with Gasteiger partial charge in [0.1, 0.15) is 16.8 Å². The molecule has 1 atom stereocenters. The van der Waals surface area contributed by atoms with Gasteiger partial charge in [0.25, 0.3) is 0 Å². The number of esters is 1. The van der Waals surface area contributed by atoms with Crippen LogP contribution < -0.4 is 10.1 Å². The van der Waals surface area contributed by atoms with Gasteiger partial charge in [0.15, 0.2) is 0 Å². The van der Waals surface area contributed by atoms with Crippen molar-refractivity contribution < 1.29 is 27.5 Å². The van der Waals surface area contributed by atoms with Crippen LogP contribution in [0.3, 0.4) is 0 Å². The Labute approximate surface area is 191 Å². The number of aryl methyl sites for hydroxylation is 1. The molecule has 0 radical (unpaired) electrons. The van der Waals surface area contributed by atoms with Crippen LogP contribution in [0.2, 0.25) is 0 Å². The molecule has 1 N–H and O–H groups in total. The monoisotopic (exact) mass is 478 g/mol. The van der Waals surface area contributed by atoms with Gasteiger partial charge < -0.3 is 14.8 Å². The van der Waals surface area contributed by atoms with E-state index in [2.05, 4.69) is 5.32 Å². The van der Waals surface area contributed by atoms with Crippen molar-refractivity contribution in [3.63, 3.8) is 0 Å². The van der Waals surface area contributed by atoms with Crippen molar-refractivity contribution in [2.24, 2.45) is 0 Å². The lowest BCUT2D eigenvalue weighted by molar-refractivity contribution is -0.119. The molecule has 0 spiro atoms. The first-order valence-electron chi connectivity index (χ1n) is 10.6. The van der Waals surface area contributed by atoms with Crippen molar-refractivity contribution in [2.45, 2.75) is 50.0 Å². The molecule has 10 heteroatoms. The fraction of sp³-hybridized carbons (Fsp3) is 0.455. The largest absolute Gasteiger partial charge is 0.497 e. The Hall–Kier alpha value is -2.43. The molecule has 1 aliphatic heterocycles. The average molecular weight is 479 g/mol. The molecule has 1 amide bonds.